The largest absolute Gasteiger partial charge is 0.378 e. The molecule has 6 nitrogen and oxygen atoms in total. The molecule has 0 saturated carbocycles. The van der Waals surface area contributed by atoms with Crippen molar-refractivity contribution < 1.29 is 4.74 Å². The van der Waals surface area contributed by atoms with Crippen molar-refractivity contribution in [3.8, 4) is 0 Å². The number of morpholine rings is 1. The van der Waals surface area contributed by atoms with Crippen molar-refractivity contribution >= 4 is 44.2 Å². The quantitative estimate of drug-likeness (QED) is 0.529. The first-order valence-electron chi connectivity index (χ1n) is 9.43. The van der Waals surface area contributed by atoms with Crippen LogP contribution < -0.4 is 9.80 Å². The van der Waals surface area contributed by atoms with E-state index in [9.17, 15) is 0 Å². The van der Waals surface area contributed by atoms with E-state index in [1.807, 2.05) is 30.3 Å². The topological polar surface area (TPSA) is 54.4 Å². The zero-order valence-electron chi connectivity index (χ0n) is 15.7. The molecule has 0 N–H and O–H groups in total. The Morgan fingerprint density at radius 2 is 1.61 bits per heavy atom. The van der Waals surface area contributed by atoms with E-state index in [1.165, 1.54) is 4.70 Å². The third-order valence-corrected chi connectivity index (χ3v) is 5.94. The molecule has 0 spiro atoms. The lowest BCUT2D eigenvalue weighted by Crippen LogP contribution is -2.38. The molecule has 4 aromatic rings. The Kier molecular flexibility index (Phi) is 4.54. The lowest BCUT2D eigenvalue weighted by atomic mass is 10.3. The Balaban J connectivity index is 1.53. The molecule has 0 bridgehead atoms. The Morgan fingerprint density at radius 3 is 2.36 bits per heavy atom. The molecule has 0 radical (unpaired) electrons. The zero-order valence-corrected chi connectivity index (χ0v) is 16.5. The number of hydrogen-bond acceptors (Lipinski definition) is 7. The Labute approximate surface area is 167 Å². The van der Waals surface area contributed by atoms with Crippen LogP contribution in [0.3, 0.4) is 0 Å². The minimum atomic E-state index is 0.698. The molecular weight excluding hydrogens is 370 g/mol. The molecule has 142 valence electrons. The molecule has 1 aliphatic rings. The minimum absolute atomic E-state index is 0.698. The molecule has 3 heterocycles. The van der Waals surface area contributed by atoms with Gasteiger partial charge in [-0.25, -0.2) is 15.0 Å². The van der Waals surface area contributed by atoms with Gasteiger partial charge in [0.15, 0.2) is 11.6 Å². The predicted molar refractivity (Wildman–Crippen MR) is 114 cm³/mol. The maximum Gasteiger partial charge on any atom is 0.172 e. The highest BCUT2D eigenvalue weighted by molar-refractivity contribution is 7.18. The number of rotatable bonds is 4. The van der Waals surface area contributed by atoms with Crippen molar-refractivity contribution in [1.82, 2.24) is 15.0 Å². The van der Waals surface area contributed by atoms with Crippen molar-refractivity contribution in [2.75, 3.05) is 43.2 Å². The Bertz CT molecular complexity index is 1090. The SMILES string of the molecule is CN(Cc1nc2ccccc2s1)c1nc2ccccc2nc1N1CCOCC1. The van der Waals surface area contributed by atoms with Gasteiger partial charge in [-0.1, -0.05) is 24.3 Å². The smallest absolute Gasteiger partial charge is 0.172 e. The normalized spacial score (nSPS) is 14.7. The second kappa shape index (κ2) is 7.33. The molecular formula is C21H21N5OS. The molecule has 0 amide bonds. The lowest BCUT2D eigenvalue weighted by Gasteiger charge is -2.31. The summed E-state index contributed by atoms with van der Waals surface area (Å²) in [6.45, 7) is 3.79. The monoisotopic (exact) mass is 391 g/mol. The highest BCUT2D eigenvalue weighted by Crippen LogP contribution is 2.30. The Morgan fingerprint density at radius 1 is 0.929 bits per heavy atom. The standard InChI is InChI=1S/C21H21N5OS/c1-25(14-19-22-17-8-4-5-9-18(17)28-19)20-21(26-10-12-27-13-11-26)24-16-7-3-2-6-15(16)23-20/h2-9H,10-14H2,1H3. The zero-order chi connectivity index (χ0) is 18.9. The average molecular weight is 392 g/mol. The lowest BCUT2D eigenvalue weighted by molar-refractivity contribution is 0.122. The van der Waals surface area contributed by atoms with E-state index >= 15 is 0 Å². The number of aromatic nitrogens is 3. The van der Waals surface area contributed by atoms with Crippen molar-refractivity contribution in [3.63, 3.8) is 0 Å². The first kappa shape index (κ1) is 17.3. The summed E-state index contributed by atoms with van der Waals surface area (Å²) in [5.74, 6) is 1.81. The highest BCUT2D eigenvalue weighted by Gasteiger charge is 2.21. The van der Waals surface area contributed by atoms with Gasteiger partial charge in [-0.3, -0.25) is 0 Å². The van der Waals surface area contributed by atoms with E-state index in [2.05, 4.69) is 35.0 Å². The van der Waals surface area contributed by atoms with Gasteiger partial charge in [-0.05, 0) is 24.3 Å². The third-order valence-electron chi connectivity index (χ3n) is 4.92. The minimum Gasteiger partial charge on any atom is -0.378 e. The summed E-state index contributed by atoms with van der Waals surface area (Å²) in [6.07, 6.45) is 0. The fourth-order valence-corrected chi connectivity index (χ4v) is 4.51. The number of thiazole rings is 1. The number of para-hydroxylation sites is 3. The van der Waals surface area contributed by atoms with Gasteiger partial charge in [0, 0.05) is 20.1 Å². The number of anilines is 2. The molecule has 0 atom stereocenters. The van der Waals surface area contributed by atoms with Crippen LogP contribution in [0.2, 0.25) is 0 Å². The van der Waals surface area contributed by atoms with E-state index in [0.29, 0.717) is 6.54 Å². The van der Waals surface area contributed by atoms with Crippen molar-refractivity contribution in [1.29, 1.82) is 0 Å². The molecule has 5 rings (SSSR count). The first-order valence-corrected chi connectivity index (χ1v) is 10.2. The van der Waals surface area contributed by atoms with Crippen molar-refractivity contribution in [2.24, 2.45) is 0 Å². The van der Waals surface area contributed by atoms with E-state index in [0.717, 1.165) is 59.5 Å². The van der Waals surface area contributed by atoms with Crippen LogP contribution in [-0.4, -0.2) is 48.3 Å². The van der Waals surface area contributed by atoms with Gasteiger partial charge in [-0.15, -0.1) is 11.3 Å². The van der Waals surface area contributed by atoms with Gasteiger partial charge in [0.05, 0.1) is 41.0 Å². The predicted octanol–water partition coefficient (Wildman–Crippen LogP) is 3.71. The molecule has 0 aliphatic carbocycles. The summed E-state index contributed by atoms with van der Waals surface area (Å²) in [4.78, 5) is 19.1. The summed E-state index contributed by atoms with van der Waals surface area (Å²) >= 11 is 1.73. The van der Waals surface area contributed by atoms with Gasteiger partial charge in [0.2, 0.25) is 0 Å². The maximum absolute atomic E-state index is 5.53. The van der Waals surface area contributed by atoms with Crippen molar-refractivity contribution in [2.45, 2.75) is 6.54 Å². The third kappa shape index (κ3) is 3.27. The molecule has 1 fully saturated rings. The van der Waals surface area contributed by atoms with Crippen molar-refractivity contribution in [3.05, 3.63) is 53.5 Å². The molecule has 2 aromatic heterocycles. The van der Waals surface area contributed by atoms with E-state index in [1.54, 1.807) is 11.3 Å². The van der Waals surface area contributed by atoms with Crippen LogP contribution in [0.4, 0.5) is 11.6 Å². The van der Waals surface area contributed by atoms with Gasteiger partial charge >= 0.3 is 0 Å². The summed E-state index contributed by atoms with van der Waals surface area (Å²) in [5, 5.41) is 1.08. The molecule has 2 aromatic carbocycles. The van der Waals surface area contributed by atoms with E-state index in [-0.39, 0.29) is 0 Å². The summed E-state index contributed by atoms with van der Waals surface area (Å²) in [5.41, 5.74) is 2.88. The first-order chi connectivity index (χ1) is 13.8. The fraction of sp³-hybridized carbons (Fsp3) is 0.286. The van der Waals surface area contributed by atoms with E-state index < -0.39 is 0 Å². The van der Waals surface area contributed by atoms with Crippen LogP contribution in [0.25, 0.3) is 21.3 Å². The fourth-order valence-electron chi connectivity index (χ4n) is 3.49. The average Bonchev–Trinajstić information content (AvgIpc) is 3.15. The van der Waals surface area contributed by atoms with Gasteiger partial charge in [0.25, 0.3) is 0 Å². The van der Waals surface area contributed by atoms with Gasteiger partial charge in [-0.2, -0.15) is 0 Å². The molecule has 7 heteroatoms. The number of hydrogen-bond donors (Lipinski definition) is 0. The summed E-state index contributed by atoms with van der Waals surface area (Å²) in [6, 6.07) is 16.3. The maximum atomic E-state index is 5.53. The van der Waals surface area contributed by atoms with E-state index in [4.69, 9.17) is 19.7 Å². The van der Waals surface area contributed by atoms with Gasteiger partial charge in [0.1, 0.15) is 5.01 Å². The number of nitrogens with zero attached hydrogens (tertiary/aromatic N) is 5. The van der Waals surface area contributed by atoms with Crippen LogP contribution in [-0.2, 0) is 11.3 Å². The van der Waals surface area contributed by atoms with Crippen LogP contribution in [0.1, 0.15) is 5.01 Å². The number of fused-ring (bicyclic) bond motifs is 2. The van der Waals surface area contributed by atoms with Gasteiger partial charge < -0.3 is 14.5 Å². The molecule has 0 unspecified atom stereocenters. The van der Waals surface area contributed by atoms with Crippen LogP contribution in [0.15, 0.2) is 48.5 Å². The second-order valence-electron chi connectivity index (χ2n) is 6.89. The highest BCUT2D eigenvalue weighted by atomic mass is 32.1. The molecule has 28 heavy (non-hydrogen) atoms. The second-order valence-corrected chi connectivity index (χ2v) is 8.01. The number of benzene rings is 2. The molecule has 1 saturated heterocycles. The van der Waals surface area contributed by atoms with Crippen LogP contribution in [0.5, 0.6) is 0 Å². The van der Waals surface area contributed by atoms with Crippen LogP contribution in [0, 0.1) is 0 Å². The summed E-state index contributed by atoms with van der Waals surface area (Å²) < 4.78 is 6.74. The van der Waals surface area contributed by atoms with Crippen LogP contribution >= 0.6 is 11.3 Å². The number of ether oxygens (including phenoxy) is 1. The summed E-state index contributed by atoms with van der Waals surface area (Å²) in [7, 11) is 2.06. The molecule has 1 aliphatic heterocycles. The Hall–Kier alpha value is -2.77.